The van der Waals surface area contributed by atoms with E-state index >= 15 is 0 Å². The van der Waals surface area contributed by atoms with Gasteiger partial charge in [0.1, 0.15) is 17.3 Å². The summed E-state index contributed by atoms with van der Waals surface area (Å²) in [4.78, 5) is 29.5. The van der Waals surface area contributed by atoms with E-state index in [-0.39, 0.29) is 29.2 Å². The van der Waals surface area contributed by atoms with E-state index in [1.54, 1.807) is 0 Å². The number of morpholine rings is 1. The largest absolute Gasteiger partial charge is 0.372 e. The van der Waals surface area contributed by atoms with Crippen LogP contribution in [0.5, 0.6) is 0 Å². The lowest BCUT2D eigenvalue weighted by molar-refractivity contribution is -0.121. The SMILES string of the molecule is CC1CN(C2=C(c3ccc(F)cc3)C(=O)N(c3cccc(F)c3)C2=O)CC(C)O1. The molecule has 0 radical (unpaired) electrons. The average molecular weight is 398 g/mol. The number of imide groups is 1. The van der Waals surface area contributed by atoms with E-state index in [9.17, 15) is 18.4 Å². The molecule has 2 heterocycles. The first-order valence-electron chi connectivity index (χ1n) is 9.40. The molecule has 2 aliphatic heterocycles. The van der Waals surface area contributed by atoms with Crippen LogP contribution in [0.3, 0.4) is 0 Å². The van der Waals surface area contributed by atoms with Gasteiger partial charge >= 0.3 is 0 Å². The summed E-state index contributed by atoms with van der Waals surface area (Å²) < 4.78 is 33.0. The molecule has 150 valence electrons. The standard InChI is InChI=1S/C22H20F2N2O3/c1-13-11-25(12-14(2)29-13)20-19(15-6-8-16(23)9-7-15)21(27)26(22(20)28)18-5-3-4-17(24)10-18/h3-10,13-14H,11-12H2,1-2H3. The molecule has 1 fully saturated rings. The van der Waals surface area contributed by atoms with E-state index in [4.69, 9.17) is 4.74 Å². The zero-order valence-corrected chi connectivity index (χ0v) is 16.1. The van der Waals surface area contributed by atoms with Crippen molar-refractivity contribution in [3.63, 3.8) is 0 Å². The third-order valence-corrected chi connectivity index (χ3v) is 4.99. The molecule has 0 bridgehead atoms. The first kappa shape index (κ1) is 19.3. The molecule has 0 saturated carbocycles. The molecular weight excluding hydrogens is 378 g/mol. The van der Waals surface area contributed by atoms with Gasteiger partial charge in [-0.15, -0.1) is 0 Å². The average Bonchev–Trinajstić information content (AvgIpc) is 2.92. The summed E-state index contributed by atoms with van der Waals surface area (Å²) in [6, 6.07) is 10.8. The predicted molar refractivity (Wildman–Crippen MR) is 104 cm³/mol. The molecule has 0 aliphatic carbocycles. The van der Waals surface area contributed by atoms with Crippen LogP contribution in [0.15, 0.2) is 54.2 Å². The Morgan fingerprint density at radius 2 is 1.55 bits per heavy atom. The minimum Gasteiger partial charge on any atom is -0.372 e. The minimum absolute atomic E-state index is 0.133. The molecule has 2 atom stereocenters. The van der Waals surface area contributed by atoms with Crippen LogP contribution in [-0.4, -0.2) is 42.0 Å². The maximum atomic E-state index is 13.8. The molecule has 7 heteroatoms. The number of rotatable bonds is 3. The minimum atomic E-state index is -0.561. The van der Waals surface area contributed by atoms with Gasteiger partial charge in [-0.05, 0) is 49.7 Å². The summed E-state index contributed by atoms with van der Waals surface area (Å²) in [7, 11) is 0. The number of anilines is 1. The zero-order valence-electron chi connectivity index (χ0n) is 16.1. The summed E-state index contributed by atoms with van der Waals surface area (Å²) in [6.45, 7) is 4.65. The highest BCUT2D eigenvalue weighted by atomic mass is 19.1. The number of hydrogen-bond donors (Lipinski definition) is 0. The summed E-state index contributed by atoms with van der Waals surface area (Å²) in [6.07, 6.45) is -0.265. The van der Waals surface area contributed by atoms with Crippen LogP contribution in [0.25, 0.3) is 5.57 Å². The molecule has 0 aromatic heterocycles. The van der Waals surface area contributed by atoms with E-state index in [1.165, 1.54) is 42.5 Å². The highest BCUT2D eigenvalue weighted by Crippen LogP contribution is 2.36. The van der Waals surface area contributed by atoms with Crippen molar-refractivity contribution in [3.8, 4) is 0 Å². The number of carbonyl (C=O) groups is 2. The Hall–Kier alpha value is -3.06. The highest BCUT2D eigenvalue weighted by molar-refractivity contribution is 6.45. The number of halogens is 2. The molecule has 2 unspecified atom stereocenters. The van der Waals surface area contributed by atoms with Gasteiger partial charge in [0.05, 0.1) is 23.5 Å². The van der Waals surface area contributed by atoms with Gasteiger partial charge in [-0.3, -0.25) is 9.59 Å². The van der Waals surface area contributed by atoms with Gasteiger partial charge in [0.15, 0.2) is 0 Å². The fourth-order valence-electron chi connectivity index (χ4n) is 3.90. The Morgan fingerprint density at radius 3 is 2.17 bits per heavy atom. The van der Waals surface area contributed by atoms with Crippen molar-refractivity contribution >= 4 is 23.1 Å². The maximum absolute atomic E-state index is 13.8. The monoisotopic (exact) mass is 398 g/mol. The van der Waals surface area contributed by atoms with Gasteiger partial charge < -0.3 is 9.64 Å². The maximum Gasteiger partial charge on any atom is 0.282 e. The lowest BCUT2D eigenvalue weighted by Crippen LogP contribution is -2.47. The summed E-state index contributed by atoms with van der Waals surface area (Å²) in [5.41, 5.74) is 1.00. The zero-order chi connectivity index (χ0) is 20.7. The number of benzene rings is 2. The van der Waals surface area contributed by atoms with Gasteiger partial charge in [-0.2, -0.15) is 0 Å². The summed E-state index contributed by atoms with van der Waals surface area (Å²) >= 11 is 0. The van der Waals surface area contributed by atoms with Crippen molar-refractivity contribution in [1.82, 2.24) is 4.90 Å². The number of ether oxygens (including phenoxy) is 1. The number of nitrogens with zero attached hydrogens (tertiary/aromatic N) is 2. The molecule has 2 aromatic carbocycles. The first-order chi connectivity index (χ1) is 13.8. The predicted octanol–water partition coefficient (Wildman–Crippen LogP) is 3.36. The van der Waals surface area contributed by atoms with Crippen LogP contribution in [0, 0.1) is 11.6 Å². The lowest BCUT2D eigenvalue weighted by Gasteiger charge is -2.37. The molecule has 2 aliphatic rings. The second-order valence-electron chi connectivity index (χ2n) is 7.32. The molecule has 5 nitrogen and oxygen atoms in total. The van der Waals surface area contributed by atoms with Crippen molar-refractivity contribution in [2.24, 2.45) is 0 Å². The molecule has 0 N–H and O–H groups in total. The van der Waals surface area contributed by atoms with Crippen LogP contribution < -0.4 is 4.90 Å². The quantitative estimate of drug-likeness (QED) is 0.744. The number of hydrogen-bond acceptors (Lipinski definition) is 4. The molecule has 2 aromatic rings. The van der Waals surface area contributed by atoms with Crippen molar-refractivity contribution < 1.29 is 23.1 Å². The van der Waals surface area contributed by atoms with Crippen molar-refractivity contribution in [3.05, 3.63) is 71.4 Å². The fraction of sp³-hybridized carbons (Fsp3) is 0.273. The van der Waals surface area contributed by atoms with Crippen molar-refractivity contribution in [2.45, 2.75) is 26.1 Å². The molecule has 1 saturated heterocycles. The van der Waals surface area contributed by atoms with E-state index in [0.717, 1.165) is 11.0 Å². The summed E-state index contributed by atoms with van der Waals surface area (Å²) in [5.74, 6) is -2.08. The van der Waals surface area contributed by atoms with Crippen LogP contribution >= 0.6 is 0 Å². The van der Waals surface area contributed by atoms with Crippen molar-refractivity contribution in [2.75, 3.05) is 18.0 Å². The third-order valence-electron chi connectivity index (χ3n) is 4.99. The van der Waals surface area contributed by atoms with E-state index in [2.05, 4.69) is 0 Å². The van der Waals surface area contributed by atoms with Crippen LogP contribution in [0.1, 0.15) is 19.4 Å². The second kappa shape index (κ2) is 7.40. The Labute approximate surface area is 167 Å². The Bertz CT molecular complexity index is 993. The van der Waals surface area contributed by atoms with E-state index < -0.39 is 23.4 Å². The van der Waals surface area contributed by atoms with E-state index in [1.807, 2.05) is 18.7 Å². The van der Waals surface area contributed by atoms with Gasteiger partial charge in [0.2, 0.25) is 0 Å². The molecule has 0 spiro atoms. The second-order valence-corrected chi connectivity index (χ2v) is 7.32. The Morgan fingerprint density at radius 1 is 0.897 bits per heavy atom. The van der Waals surface area contributed by atoms with Crippen LogP contribution in [0.2, 0.25) is 0 Å². The Balaban J connectivity index is 1.84. The molecule has 2 amide bonds. The van der Waals surface area contributed by atoms with Crippen molar-refractivity contribution in [1.29, 1.82) is 0 Å². The van der Waals surface area contributed by atoms with E-state index in [0.29, 0.717) is 18.7 Å². The third kappa shape index (κ3) is 3.53. The van der Waals surface area contributed by atoms with Gasteiger partial charge in [0, 0.05) is 13.1 Å². The van der Waals surface area contributed by atoms with Gasteiger partial charge in [-0.1, -0.05) is 18.2 Å². The van der Waals surface area contributed by atoms with Gasteiger partial charge in [-0.25, -0.2) is 13.7 Å². The lowest BCUT2D eigenvalue weighted by atomic mass is 10.0. The fourth-order valence-corrected chi connectivity index (χ4v) is 3.90. The normalized spacial score (nSPS) is 22.6. The number of carbonyl (C=O) groups excluding carboxylic acids is 2. The molecule has 4 rings (SSSR count). The molecule has 29 heavy (non-hydrogen) atoms. The van der Waals surface area contributed by atoms with Crippen LogP contribution in [0.4, 0.5) is 14.5 Å². The smallest absolute Gasteiger partial charge is 0.282 e. The first-order valence-corrected chi connectivity index (χ1v) is 9.40. The number of amides is 2. The topological polar surface area (TPSA) is 49.9 Å². The highest BCUT2D eigenvalue weighted by Gasteiger charge is 2.43. The van der Waals surface area contributed by atoms with Crippen LogP contribution in [-0.2, 0) is 14.3 Å². The van der Waals surface area contributed by atoms with Gasteiger partial charge in [0.25, 0.3) is 11.8 Å². The molecular formula is C22H20F2N2O3. The Kier molecular flexibility index (Phi) is 4.92. The summed E-state index contributed by atoms with van der Waals surface area (Å²) in [5, 5.41) is 0.